The Balaban J connectivity index is 1.83. The van der Waals surface area contributed by atoms with Gasteiger partial charge in [-0.05, 0) is 18.2 Å². The molecular formula is C16H19NO4S. The molecule has 0 heterocycles. The quantitative estimate of drug-likeness (QED) is 0.809. The summed E-state index contributed by atoms with van der Waals surface area (Å²) in [7, 11) is -1.85. The van der Waals surface area contributed by atoms with Crippen molar-refractivity contribution in [3.05, 3.63) is 60.2 Å². The molecule has 0 aliphatic heterocycles. The van der Waals surface area contributed by atoms with Gasteiger partial charge in [0.25, 0.3) is 0 Å². The molecule has 0 aromatic heterocycles. The van der Waals surface area contributed by atoms with Gasteiger partial charge >= 0.3 is 0 Å². The first-order valence-corrected chi connectivity index (χ1v) is 8.53. The fraction of sp³-hybridized carbons (Fsp3) is 0.250. The summed E-state index contributed by atoms with van der Waals surface area (Å²) in [6.07, 6.45) is 0. The summed E-state index contributed by atoms with van der Waals surface area (Å²) in [6.45, 7) is 0.295. The van der Waals surface area contributed by atoms with Gasteiger partial charge in [0, 0.05) is 12.1 Å². The molecule has 0 unspecified atom stereocenters. The van der Waals surface area contributed by atoms with E-state index in [-0.39, 0.29) is 18.9 Å². The maximum absolute atomic E-state index is 12.0. The summed E-state index contributed by atoms with van der Waals surface area (Å²) < 4.78 is 37.1. The molecule has 6 heteroatoms. The van der Waals surface area contributed by atoms with Gasteiger partial charge in [-0.25, -0.2) is 13.1 Å². The summed E-state index contributed by atoms with van der Waals surface area (Å²) in [5.74, 6) is 1.21. The Labute approximate surface area is 130 Å². The number of hydrogen-bond acceptors (Lipinski definition) is 4. The van der Waals surface area contributed by atoms with E-state index in [1.807, 2.05) is 36.4 Å². The lowest BCUT2D eigenvalue weighted by molar-refractivity contribution is 0.340. The highest BCUT2D eigenvalue weighted by Crippen LogP contribution is 2.17. The van der Waals surface area contributed by atoms with Gasteiger partial charge in [0.05, 0.1) is 12.9 Å². The summed E-state index contributed by atoms with van der Waals surface area (Å²) in [5.41, 5.74) is 0.789. The number of rotatable bonds is 8. The van der Waals surface area contributed by atoms with Crippen molar-refractivity contribution >= 4 is 10.0 Å². The molecule has 1 N–H and O–H groups in total. The zero-order valence-electron chi connectivity index (χ0n) is 12.4. The Kier molecular flexibility index (Phi) is 5.80. The third-order valence-electron chi connectivity index (χ3n) is 3.04. The van der Waals surface area contributed by atoms with E-state index in [0.29, 0.717) is 11.5 Å². The van der Waals surface area contributed by atoms with Crippen molar-refractivity contribution in [1.29, 1.82) is 0 Å². The third kappa shape index (κ3) is 5.05. The number of methoxy groups -OCH3 is 1. The van der Waals surface area contributed by atoms with Gasteiger partial charge < -0.3 is 9.47 Å². The minimum atomic E-state index is -3.41. The molecule has 0 bridgehead atoms. The van der Waals surface area contributed by atoms with Crippen LogP contribution in [0.4, 0.5) is 0 Å². The first-order chi connectivity index (χ1) is 10.6. The van der Waals surface area contributed by atoms with Crippen molar-refractivity contribution in [2.45, 2.75) is 6.54 Å². The second-order valence-electron chi connectivity index (χ2n) is 4.61. The van der Waals surface area contributed by atoms with Gasteiger partial charge in [-0.3, -0.25) is 0 Å². The monoisotopic (exact) mass is 321 g/mol. The molecule has 2 rings (SSSR count). The zero-order chi connectivity index (χ0) is 15.8. The molecule has 0 saturated carbocycles. The number of para-hydroxylation sites is 2. The third-order valence-corrected chi connectivity index (χ3v) is 4.33. The van der Waals surface area contributed by atoms with E-state index in [9.17, 15) is 8.42 Å². The normalized spacial score (nSPS) is 11.1. The Morgan fingerprint density at radius 1 is 1.00 bits per heavy atom. The minimum absolute atomic E-state index is 0.100. The average Bonchev–Trinajstić information content (AvgIpc) is 2.54. The molecular weight excluding hydrogens is 302 g/mol. The highest BCUT2D eigenvalue weighted by Gasteiger charge is 2.11. The topological polar surface area (TPSA) is 64.6 Å². The van der Waals surface area contributed by atoms with Crippen LogP contribution in [0.25, 0.3) is 0 Å². The van der Waals surface area contributed by atoms with Crippen molar-refractivity contribution in [1.82, 2.24) is 4.72 Å². The van der Waals surface area contributed by atoms with Crippen molar-refractivity contribution in [2.75, 3.05) is 19.5 Å². The Morgan fingerprint density at radius 2 is 1.68 bits per heavy atom. The van der Waals surface area contributed by atoms with Crippen LogP contribution in [-0.2, 0) is 16.6 Å². The highest BCUT2D eigenvalue weighted by molar-refractivity contribution is 7.89. The molecule has 0 aliphatic carbocycles. The largest absolute Gasteiger partial charge is 0.496 e. The van der Waals surface area contributed by atoms with E-state index in [1.165, 1.54) is 0 Å². The molecule has 0 aliphatic rings. The molecule has 5 nitrogen and oxygen atoms in total. The van der Waals surface area contributed by atoms with Crippen LogP contribution < -0.4 is 14.2 Å². The van der Waals surface area contributed by atoms with Crippen LogP contribution in [0.15, 0.2) is 54.6 Å². The van der Waals surface area contributed by atoms with E-state index in [0.717, 1.165) is 5.56 Å². The van der Waals surface area contributed by atoms with Crippen LogP contribution in [0.3, 0.4) is 0 Å². The lowest BCUT2D eigenvalue weighted by atomic mass is 10.2. The van der Waals surface area contributed by atoms with Gasteiger partial charge in [-0.15, -0.1) is 0 Å². The van der Waals surface area contributed by atoms with E-state index in [2.05, 4.69) is 4.72 Å². The predicted molar refractivity (Wildman–Crippen MR) is 85.6 cm³/mol. The maximum atomic E-state index is 12.0. The number of nitrogens with one attached hydrogen (secondary N) is 1. The van der Waals surface area contributed by atoms with Gasteiger partial charge in [0.1, 0.15) is 18.1 Å². The van der Waals surface area contributed by atoms with Crippen molar-refractivity contribution < 1.29 is 17.9 Å². The predicted octanol–water partition coefficient (Wildman–Crippen LogP) is 2.19. The molecule has 118 valence electrons. The van der Waals surface area contributed by atoms with Crippen molar-refractivity contribution in [3.63, 3.8) is 0 Å². The van der Waals surface area contributed by atoms with E-state index in [1.54, 1.807) is 25.3 Å². The number of ether oxygens (including phenoxy) is 2. The summed E-state index contributed by atoms with van der Waals surface area (Å²) in [5, 5.41) is 0. The number of hydrogen-bond donors (Lipinski definition) is 1. The standard InChI is InChI=1S/C16H19NO4S/c1-20-16-10-6-5-7-14(16)13-17-22(18,19)12-11-21-15-8-3-2-4-9-15/h2-10,17H,11-13H2,1H3. The van der Waals surface area contributed by atoms with Gasteiger partial charge in [0.15, 0.2) is 0 Å². The van der Waals surface area contributed by atoms with Crippen molar-refractivity contribution in [2.24, 2.45) is 0 Å². The molecule has 0 saturated heterocycles. The van der Waals surface area contributed by atoms with Crippen LogP contribution in [-0.4, -0.2) is 27.9 Å². The second kappa shape index (κ2) is 7.82. The van der Waals surface area contributed by atoms with Gasteiger partial charge in [-0.2, -0.15) is 0 Å². The Bertz CT molecular complexity index is 686. The lowest BCUT2D eigenvalue weighted by Crippen LogP contribution is -2.28. The van der Waals surface area contributed by atoms with E-state index in [4.69, 9.17) is 9.47 Å². The van der Waals surface area contributed by atoms with Crippen molar-refractivity contribution in [3.8, 4) is 11.5 Å². The van der Waals surface area contributed by atoms with Gasteiger partial charge in [-0.1, -0.05) is 36.4 Å². The molecule has 0 radical (unpaired) electrons. The van der Waals surface area contributed by atoms with Crippen LogP contribution >= 0.6 is 0 Å². The van der Waals surface area contributed by atoms with Crippen LogP contribution in [0.5, 0.6) is 11.5 Å². The molecule has 2 aromatic rings. The first kappa shape index (κ1) is 16.3. The van der Waals surface area contributed by atoms with E-state index < -0.39 is 10.0 Å². The number of sulfonamides is 1. The first-order valence-electron chi connectivity index (χ1n) is 6.88. The summed E-state index contributed by atoms with van der Waals surface area (Å²) >= 11 is 0. The Hall–Kier alpha value is -2.05. The number of benzene rings is 2. The summed E-state index contributed by atoms with van der Waals surface area (Å²) in [4.78, 5) is 0. The molecule has 2 aromatic carbocycles. The van der Waals surface area contributed by atoms with E-state index >= 15 is 0 Å². The second-order valence-corrected chi connectivity index (χ2v) is 6.54. The molecule has 0 atom stereocenters. The molecule has 0 spiro atoms. The van der Waals surface area contributed by atoms with Crippen LogP contribution in [0.2, 0.25) is 0 Å². The molecule has 0 fully saturated rings. The van der Waals surface area contributed by atoms with Gasteiger partial charge in [0.2, 0.25) is 10.0 Å². The average molecular weight is 321 g/mol. The Morgan fingerprint density at radius 3 is 2.41 bits per heavy atom. The minimum Gasteiger partial charge on any atom is -0.496 e. The molecule has 0 amide bonds. The zero-order valence-corrected chi connectivity index (χ0v) is 13.2. The smallest absolute Gasteiger partial charge is 0.215 e. The maximum Gasteiger partial charge on any atom is 0.215 e. The lowest BCUT2D eigenvalue weighted by Gasteiger charge is -2.10. The summed E-state index contributed by atoms with van der Waals surface area (Å²) in [6, 6.07) is 16.4. The molecule has 22 heavy (non-hydrogen) atoms. The fourth-order valence-corrected chi connectivity index (χ4v) is 2.72. The van der Waals surface area contributed by atoms with Crippen LogP contribution in [0, 0.1) is 0 Å². The van der Waals surface area contributed by atoms with Crippen LogP contribution in [0.1, 0.15) is 5.56 Å². The fourth-order valence-electron chi connectivity index (χ4n) is 1.89. The highest BCUT2D eigenvalue weighted by atomic mass is 32.2. The SMILES string of the molecule is COc1ccccc1CNS(=O)(=O)CCOc1ccccc1.